The number of nitrogens with one attached hydrogen (secondary N) is 1. The zero-order chi connectivity index (χ0) is 15.2. The highest BCUT2D eigenvalue weighted by molar-refractivity contribution is 5.30. The number of aryl methyl sites for hydroxylation is 2. The number of benzene rings is 1. The maximum atomic E-state index is 13.2. The van der Waals surface area contributed by atoms with Gasteiger partial charge in [-0.25, -0.2) is 4.39 Å². The Bertz CT molecular complexity index is 596. The minimum Gasteiger partial charge on any atom is -0.308 e. The van der Waals surface area contributed by atoms with E-state index in [9.17, 15) is 4.39 Å². The molecular weight excluding hydrogens is 263 g/mol. The Labute approximate surface area is 126 Å². The summed E-state index contributed by atoms with van der Waals surface area (Å²) in [5.74, 6) is -0.177. The van der Waals surface area contributed by atoms with E-state index >= 15 is 0 Å². The van der Waals surface area contributed by atoms with Crippen LogP contribution in [0.3, 0.4) is 0 Å². The Balaban J connectivity index is 2.26. The van der Waals surface area contributed by atoms with Crippen molar-refractivity contribution in [2.75, 3.05) is 6.54 Å². The fraction of sp³-hybridized carbons (Fsp3) is 0.389. The lowest BCUT2D eigenvalue weighted by Gasteiger charge is -2.21. The average Bonchev–Trinajstić information content (AvgIpc) is 2.46. The molecule has 2 nitrogen and oxygen atoms in total. The maximum absolute atomic E-state index is 13.2. The predicted octanol–water partition coefficient (Wildman–Crippen LogP) is 4.12. The first kappa shape index (κ1) is 15.6. The molecule has 1 unspecified atom stereocenters. The highest BCUT2D eigenvalue weighted by Crippen LogP contribution is 2.22. The van der Waals surface area contributed by atoms with Gasteiger partial charge >= 0.3 is 0 Å². The second-order valence-electron chi connectivity index (χ2n) is 5.49. The van der Waals surface area contributed by atoms with Crippen molar-refractivity contribution in [3.05, 3.63) is 64.7 Å². The van der Waals surface area contributed by atoms with Gasteiger partial charge < -0.3 is 5.32 Å². The molecule has 0 aliphatic heterocycles. The van der Waals surface area contributed by atoms with Crippen LogP contribution in [0.5, 0.6) is 0 Å². The van der Waals surface area contributed by atoms with Crippen LogP contribution in [0.15, 0.2) is 36.5 Å². The fourth-order valence-electron chi connectivity index (χ4n) is 2.56. The molecule has 0 saturated heterocycles. The lowest BCUT2D eigenvalue weighted by Crippen LogP contribution is -2.26. The van der Waals surface area contributed by atoms with Gasteiger partial charge in [-0.2, -0.15) is 0 Å². The van der Waals surface area contributed by atoms with Crippen molar-refractivity contribution in [2.45, 2.75) is 39.7 Å². The summed E-state index contributed by atoms with van der Waals surface area (Å²) < 4.78 is 13.2. The Morgan fingerprint density at radius 1 is 1.19 bits per heavy atom. The molecule has 1 aromatic heterocycles. The molecule has 0 aliphatic rings. The molecule has 112 valence electrons. The zero-order valence-corrected chi connectivity index (χ0v) is 13.0. The third-order valence-electron chi connectivity index (χ3n) is 3.75. The molecule has 0 spiro atoms. The topological polar surface area (TPSA) is 24.9 Å². The lowest BCUT2D eigenvalue weighted by atomic mass is 9.96. The van der Waals surface area contributed by atoms with Crippen molar-refractivity contribution >= 4 is 0 Å². The summed E-state index contributed by atoms with van der Waals surface area (Å²) in [5.41, 5.74) is 4.42. The van der Waals surface area contributed by atoms with E-state index in [2.05, 4.69) is 30.2 Å². The highest BCUT2D eigenvalue weighted by Gasteiger charge is 2.16. The molecule has 1 atom stereocenters. The van der Waals surface area contributed by atoms with Crippen LogP contribution < -0.4 is 5.32 Å². The second-order valence-corrected chi connectivity index (χ2v) is 5.49. The molecule has 0 bridgehead atoms. The standard InChI is InChI=1S/C18H23FN2/c1-4-9-20-17(18-13(2)6-5-10-21-18)12-15-7-8-16(19)11-14(15)3/h5-8,10-11,17,20H,4,9,12H2,1-3H3. The summed E-state index contributed by atoms with van der Waals surface area (Å²) in [7, 11) is 0. The molecular formula is C18H23FN2. The van der Waals surface area contributed by atoms with Crippen LogP contribution in [0.1, 0.15) is 41.8 Å². The fourth-order valence-corrected chi connectivity index (χ4v) is 2.56. The van der Waals surface area contributed by atoms with Crippen molar-refractivity contribution in [1.29, 1.82) is 0 Å². The van der Waals surface area contributed by atoms with Crippen LogP contribution in [0.25, 0.3) is 0 Å². The summed E-state index contributed by atoms with van der Waals surface area (Å²) in [6, 6.07) is 9.21. The van der Waals surface area contributed by atoms with Gasteiger partial charge in [-0.05, 0) is 68.1 Å². The molecule has 0 aliphatic carbocycles. The molecule has 0 fully saturated rings. The quantitative estimate of drug-likeness (QED) is 0.864. The average molecular weight is 286 g/mol. The van der Waals surface area contributed by atoms with Crippen molar-refractivity contribution in [3.63, 3.8) is 0 Å². The molecule has 2 aromatic rings. The van der Waals surface area contributed by atoms with Crippen molar-refractivity contribution in [3.8, 4) is 0 Å². The largest absolute Gasteiger partial charge is 0.308 e. The monoisotopic (exact) mass is 286 g/mol. The Hall–Kier alpha value is -1.74. The van der Waals surface area contributed by atoms with E-state index in [-0.39, 0.29) is 11.9 Å². The van der Waals surface area contributed by atoms with Crippen LogP contribution in [0.2, 0.25) is 0 Å². The number of nitrogens with zero attached hydrogens (tertiary/aromatic N) is 1. The molecule has 1 aromatic carbocycles. The van der Waals surface area contributed by atoms with E-state index in [0.717, 1.165) is 36.2 Å². The van der Waals surface area contributed by atoms with Crippen LogP contribution in [-0.4, -0.2) is 11.5 Å². The van der Waals surface area contributed by atoms with Crippen LogP contribution >= 0.6 is 0 Å². The van der Waals surface area contributed by atoms with Gasteiger partial charge in [0.05, 0.1) is 11.7 Å². The molecule has 0 radical (unpaired) electrons. The van der Waals surface area contributed by atoms with Gasteiger partial charge in [0.1, 0.15) is 5.82 Å². The zero-order valence-electron chi connectivity index (χ0n) is 13.0. The first-order valence-electron chi connectivity index (χ1n) is 7.51. The molecule has 0 amide bonds. The Morgan fingerprint density at radius 2 is 2.00 bits per heavy atom. The van der Waals surface area contributed by atoms with E-state index in [1.165, 1.54) is 11.6 Å². The van der Waals surface area contributed by atoms with Crippen LogP contribution in [-0.2, 0) is 6.42 Å². The normalized spacial score (nSPS) is 12.4. The lowest BCUT2D eigenvalue weighted by molar-refractivity contribution is 0.514. The first-order chi connectivity index (χ1) is 10.1. The van der Waals surface area contributed by atoms with E-state index in [0.29, 0.717) is 0 Å². The number of halogens is 1. The third kappa shape index (κ3) is 4.11. The van der Waals surface area contributed by atoms with E-state index in [1.807, 2.05) is 25.3 Å². The highest BCUT2D eigenvalue weighted by atomic mass is 19.1. The number of hydrogen-bond acceptors (Lipinski definition) is 2. The van der Waals surface area contributed by atoms with E-state index in [4.69, 9.17) is 0 Å². The smallest absolute Gasteiger partial charge is 0.123 e. The summed E-state index contributed by atoms with van der Waals surface area (Å²) in [4.78, 5) is 4.54. The Kier molecular flexibility index (Phi) is 5.45. The van der Waals surface area contributed by atoms with E-state index < -0.39 is 0 Å². The summed E-state index contributed by atoms with van der Waals surface area (Å²) in [6.07, 6.45) is 3.73. The van der Waals surface area contributed by atoms with Crippen molar-refractivity contribution in [1.82, 2.24) is 10.3 Å². The number of aromatic nitrogens is 1. The van der Waals surface area contributed by atoms with Crippen LogP contribution in [0, 0.1) is 19.7 Å². The van der Waals surface area contributed by atoms with Gasteiger partial charge in [0.25, 0.3) is 0 Å². The molecule has 1 heterocycles. The molecule has 21 heavy (non-hydrogen) atoms. The third-order valence-corrected chi connectivity index (χ3v) is 3.75. The van der Waals surface area contributed by atoms with Crippen LogP contribution in [0.4, 0.5) is 4.39 Å². The molecule has 0 saturated carbocycles. The van der Waals surface area contributed by atoms with E-state index in [1.54, 1.807) is 6.07 Å². The Morgan fingerprint density at radius 3 is 2.67 bits per heavy atom. The minimum absolute atomic E-state index is 0.162. The number of hydrogen-bond donors (Lipinski definition) is 1. The van der Waals surface area contributed by atoms with Gasteiger partial charge in [-0.1, -0.05) is 19.1 Å². The maximum Gasteiger partial charge on any atom is 0.123 e. The van der Waals surface area contributed by atoms with Gasteiger partial charge in [-0.3, -0.25) is 4.98 Å². The molecule has 3 heteroatoms. The van der Waals surface area contributed by atoms with Gasteiger partial charge in [-0.15, -0.1) is 0 Å². The van der Waals surface area contributed by atoms with Gasteiger partial charge in [0.2, 0.25) is 0 Å². The van der Waals surface area contributed by atoms with Gasteiger partial charge in [0, 0.05) is 6.20 Å². The number of pyridine rings is 1. The van der Waals surface area contributed by atoms with Crippen molar-refractivity contribution in [2.24, 2.45) is 0 Å². The summed E-state index contributed by atoms with van der Waals surface area (Å²) in [5, 5.41) is 3.56. The second kappa shape index (κ2) is 7.32. The van der Waals surface area contributed by atoms with Gasteiger partial charge in [0.15, 0.2) is 0 Å². The number of rotatable bonds is 6. The minimum atomic E-state index is -0.177. The molecule has 1 N–H and O–H groups in total. The summed E-state index contributed by atoms with van der Waals surface area (Å²) >= 11 is 0. The molecule has 2 rings (SSSR count). The van der Waals surface area contributed by atoms with Crippen molar-refractivity contribution < 1.29 is 4.39 Å². The predicted molar refractivity (Wildman–Crippen MR) is 84.8 cm³/mol. The first-order valence-corrected chi connectivity index (χ1v) is 7.51. The SMILES string of the molecule is CCCNC(Cc1ccc(F)cc1C)c1ncccc1C. The summed E-state index contributed by atoms with van der Waals surface area (Å²) in [6.45, 7) is 7.14.